The Kier molecular flexibility index (Phi) is 10.8. The molecule has 2 heterocycles. The van der Waals surface area contributed by atoms with Crippen molar-refractivity contribution in [3.8, 4) is 0 Å². The third kappa shape index (κ3) is 8.08. The smallest absolute Gasteiger partial charge is 0.254 e. The lowest BCUT2D eigenvalue weighted by atomic mass is 9.99. The molecular formula is C30H42FN5O4S. The average Bonchev–Trinajstić information content (AvgIpc) is 3.42. The van der Waals surface area contributed by atoms with Crippen molar-refractivity contribution < 1.29 is 23.4 Å². The van der Waals surface area contributed by atoms with Gasteiger partial charge in [-0.2, -0.15) is 5.10 Å². The maximum Gasteiger partial charge on any atom is 0.254 e. The number of aliphatic hydroxyl groups is 1. The van der Waals surface area contributed by atoms with Crippen molar-refractivity contribution >= 4 is 22.4 Å². The minimum absolute atomic E-state index is 0.0373. The molecular weight excluding hydrogens is 545 g/mol. The highest BCUT2D eigenvalue weighted by atomic mass is 32.3. The summed E-state index contributed by atoms with van der Waals surface area (Å²) in [6.07, 6.45) is 5.82. The van der Waals surface area contributed by atoms with Crippen molar-refractivity contribution in [2.75, 3.05) is 23.1 Å². The van der Waals surface area contributed by atoms with Gasteiger partial charge in [-0.15, -0.1) is 10.8 Å². The van der Waals surface area contributed by atoms with Crippen molar-refractivity contribution in [1.29, 1.82) is 0 Å². The van der Waals surface area contributed by atoms with Crippen molar-refractivity contribution in [2.45, 2.75) is 71.2 Å². The molecule has 9 nitrogen and oxygen atoms in total. The van der Waals surface area contributed by atoms with Gasteiger partial charge in [0, 0.05) is 37.9 Å². The first-order valence-electron chi connectivity index (χ1n) is 14.3. The molecule has 0 saturated carbocycles. The summed E-state index contributed by atoms with van der Waals surface area (Å²) in [7, 11) is -3.18. The van der Waals surface area contributed by atoms with Crippen LogP contribution in [0.4, 0.5) is 10.1 Å². The van der Waals surface area contributed by atoms with Crippen molar-refractivity contribution in [3.63, 3.8) is 0 Å². The first kappa shape index (κ1) is 31.0. The number of benzene rings is 2. The summed E-state index contributed by atoms with van der Waals surface area (Å²) in [5.74, 6) is -1.27. The van der Waals surface area contributed by atoms with Gasteiger partial charge in [0.15, 0.2) is 5.82 Å². The molecule has 4 rings (SSSR count). The largest absolute Gasteiger partial charge is 0.390 e. The Morgan fingerprint density at radius 1 is 1.12 bits per heavy atom. The second kappa shape index (κ2) is 14.3. The van der Waals surface area contributed by atoms with E-state index in [1.165, 1.54) is 10.4 Å². The monoisotopic (exact) mass is 587 g/mol. The van der Waals surface area contributed by atoms with Crippen molar-refractivity contribution in [1.82, 2.24) is 20.4 Å². The van der Waals surface area contributed by atoms with Crippen LogP contribution < -0.4 is 14.9 Å². The van der Waals surface area contributed by atoms with E-state index in [2.05, 4.69) is 15.7 Å². The van der Waals surface area contributed by atoms with E-state index in [0.717, 1.165) is 29.7 Å². The molecule has 1 saturated heterocycles. The molecule has 1 aliphatic heterocycles. The molecule has 0 radical (unpaired) electrons. The molecule has 0 aliphatic carbocycles. The van der Waals surface area contributed by atoms with Crippen LogP contribution in [0.15, 0.2) is 54.9 Å². The number of hydrogen-bond acceptors (Lipinski definition) is 7. The average molecular weight is 588 g/mol. The lowest BCUT2D eigenvalue weighted by molar-refractivity contribution is 0.0826. The van der Waals surface area contributed by atoms with Crippen LogP contribution in [0.2, 0.25) is 0 Å². The number of aromatic nitrogens is 2. The number of halogens is 1. The predicted octanol–water partition coefficient (Wildman–Crippen LogP) is 4.75. The lowest BCUT2D eigenvalue weighted by Crippen LogP contribution is -2.49. The topological polar surface area (TPSA) is 123 Å². The Hall–Kier alpha value is -2.96. The number of nitrogens with zero attached hydrogens (tertiary/aromatic N) is 3. The van der Waals surface area contributed by atoms with E-state index in [9.17, 15) is 19.0 Å². The van der Waals surface area contributed by atoms with Gasteiger partial charge in [-0.25, -0.2) is 4.39 Å². The first-order chi connectivity index (χ1) is 19.7. The summed E-state index contributed by atoms with van der Waals surface area (Å²) in [5.41, 5.74) is 2.51. The van der Waals surface area contributed by atoms with Gasteiger partial charge in [0.25, 0.3) is 5.91 Å². The highest BCUT2D eigenvalue weighted by Crippen LogP contribution is 2.50. The zero-order valence-corrected chi connectivity index (χ0v) is 24.6. The maximum atomic E-state index is 16.0. The number of anilines is 1. The van der Waals surface area contributed by atoms with E-state index >= 15 is 4.39 Å². The molecule has 11 heteroatoms. The molecule has 41 heavy (non-hydrogen) atoms. The highest BCUT2D eigenvalue weighted by molar-refractivity contribution is 8.25. The van der Waals surface area contributed by atoms with E-state index in [4.69, 9.17) is 0 Å². The van der Waals surface area contributed by atoms with Crippen LogP contribution in [0, 0.1) is 5.82 Å². The number of carbonyl (C=O) groups excluding carboxylic acids is 1. The second-order valence-corrected chi connectivity index (χ2v) is 12.7. The molecule has 0 unspecified atom stereocenters. The van der Waals surface area contributed by atoms with E-state index in [1.807, 2.05) is 55.1 Å². The number of aliphatic hydroxyl groups excluding tert-OH is 1. The second-order valence-electron chi connectivity index (χ2n) is 10.5. The van der Waals surface area contributed by atoms with E-state index in [1.54, 1.807) is 12.3 Å². The highest BCUT2D eigenvalue weighted by Gasteiger charge is 2.32. The van der Waals surface area contributed by atoms with Crippen LogP contribution in [0.1, 0.15) is 60.2 Å². The fourth-order valence-electron chi connectivity index (χ4n) is 5.11. The van der Waals surface area contributed by atoms with Crippen LogP contribution in [0.5, 0.6) is 0 Å². The van der Waals surface area contributed by atoms with Crippen LogP contribution in [0.3, 0.4) is 0 Å². The fraction of sp³-hybridized carbons (Fsp3) is 0.467. The lowest BCUT2D eigenvalue weighted by Gasteiger charge is -2.47. The minimum atomic E-state index is -3.18. The fourth-order valence-corrected chi connectivity index (χ4v) is 6.79. The number of rotatable bonds is 13. The van der Waals surface area contributed by atoms with Gasteiger partial charge in [0.05, 0.1) is 35.3 Å². The summed E-state index contributed by atoms with van der Waals surface area (Å²) in [4.78, 5) is 13.6. The summed E-state index contributed by atoms with van der Waals surface area (Å²) >= 11 is 0. The van der Waals surface area contributed by atoms with Crippen molar-refractivity contribution in [2.24, 2.45) is 0 Å². The van der Waals surface area contributed by atoms with Gasteiger partial charge >= 0.3 is 0 Å². The third-order valence-corrected chi connectivity index (χ3v) is 9.24. The van der Waals surface area contributed by atoms with E-state index in [-0.39, 0.29) is 23.5 Å². The third-order valence-electron chi connectivity index (χ3n) is 7.32. The Morgan fingerprint density at radius 2 is 1.90 bits per heavy atom. The van der Waals surface area contributed by atoms with Crippen LogP contribution in [-0.2, 0) is 25.9 Å². The molecule has 224 valence electrons. The molecule has 2 aromatic carbocycles. The molecule has 0 spiro atoms. The molecule has 1 amide bonds. The van der Waals surface area contributed by atoms with Gasteiger partial charge in [-0.1, -0.05) is 43.7 Å². The van der Waals surface area contributed by atoms with E-state index in [0.29, 0.717) is 38.8 Å². The number of amides is 1. The van der Waals surface area contributed by atoms with Crippen molar-refractivity contribution in [3.05, 3.63) is 82.9 Å². The Balaban J connectivity index is 1.56. The summed E-state index contributed by atoms with van der Waals surface area (Å²) in [6.45, 7) is 5.77. The SMILES string of the molecule is CCCc1cc(C(=O)N[C@@H](Cc2ccccc2)[C@H](O)CNCc2cnn(CC)c2)c(F)c(N2CCCCS2(O)O)c1. The molecule has 1 fully saturated rings. The van der Waals surface area contributed by atoms with Gasteiger partial charge in [0.2, 0.25) is 0 Å². The molecule has 0 bridgehead atoms. The Bertz CT molecular complexity index is 1290. The standard InChI is InChI=1S/C30H42FN5O4S/c1-3-10-23-15-25(29(31)27(17-23)36-13-8-9-14-41(36,39)40)30(38)34-26(16-22-11-6-5-7-12-22)28(37)20-32-18-24-19-33-35(4-2)21-24/h5-7,11-12,15,17,19,21,26,28,32,37,39-40H,3-4,8-10,13-14,16,18,20H2,1-2H3,(H,34,38)/t26-,28+/m0/s1. The van der Waals surface area contributed by atoms with Gasteiger partial charge in [-0.05, 0) is 55.9 Å². The summed E-state index contributed by atoms with van der Waals surface area (Å²) < 4.78 is 40.5. The predicted molar refractivity (Wildman–Crippen MR) is 162 cm³/mol. The van der Waals surface area contributed by atoms with Crippen LogP contribution >= 0.6 is 10.8 Å². The van der Waals surface area contributed by atoms with Gasteiger partial charge in [0.1, 0.15) is 0 Å². The minimum Gasteiger partial charge on any atom is -0.390 e. The summed E-state index contributed by atoms with van der Waals surface area (Å²) in [5, 5.41) is 21.5. The van der Waals surface area contributed by atoms with Gasteiger partial charge in [-0.3, -0.25) is 22.9 Å². The molecule has 3 aromatic rings. The van der Waals surface area contributed by atoms with Crippen LogP contribution in [-0.4, -0.2) is 60.9 Å². The quantitative estimate of drug-likeness (QED) is 0.196. The number of aryl methyl sites for hydroxylation is 2. The Morgan fingerprint density at radius 3 is 2.59 bits per heavy atom. The molecule has 1 aliphatic rings. The molecule has 1 aromatic heterocycles. The zero-order valence-electron chi connectivity index (χ0n) is 23.8. The first-order valence-corrected chi connectivity index (χ1v) is 16.0. The molecule has 2 atom stereocenters. The van der Waals surface area contributed by atoms with Crippen LogP contribution in [0.25, 0.3) is 0 Å². The van der Waals surface area contributed by atoms with E-state index < -0.39 is 34.6 Å². The number of carbonyl (C=O) groups is 1. The zero-order chi connectivity index (χ0) is 29.4. The molecule has 5 N–H and O–H groups in total. The normalized spacial score (nSPS) is 17.2. The number of nitrogens with one attached hydrogen (secondary N) is 2. The Labute approximate surface area is 243 Å². The number of hydrogen-bond donors (Lipinski definition) is 5. The maximum absolute atomic E-state index is 16.0. The summed E-state index contributed by atoms with van der Waals surface area (Å²) in [6, 6.07) is 12.0. The van der Waals surface area contributed by atoms with Gasteiger partial charge < -0.3 is 15.7 Å².